The molecule has 0 unspecified atom stereocenters. The molecule has 2 rings (SSSR count). The highest BCUT2D eigenvalue weighted by atomic mass is 15.3. The monoisotopic (exact) mass is 201 g/mol. The van der Waals surface area contributed by atoms with E-state index in [0.29, 0.717) is 5.82 Å². The molecule has 0 amide bonds. The minimum Gasteiger partial charge on any atom is -0.382 e. The molecule has 1 aromatic carbocycles. The van der Waals surface area contributed by atoms with Gasteiger partial charge >= 0.3 is 0 Å². The molecule has 3 heteroatoms. The average Bonchev–Trinajstić information content (AvgIpc) is 2.41. The molecule has 1 heterocycles. The van der Waals surface area contributed by atoms with Gasteiger partial charge in [-0.2, -0.15) is 5.10 Å². The lowest BCUT2D eigenvalue weighted by molar-refractivity contribution is 0.744. The largest absolute Gasteiger partial charge is 0.382 e. The van der Waals surface area contributed by atoms with E-state index in [1.807, 2.05) is 24.7 Å². The minimum absolute atomic E-state index is 0.598. The lowest BCUT2D eigenvalue weighted by Crippen LogP contribution is -1.93. The molecule has 0 fully saturated rings. The standard InChI is InChI=1S/C12H15N3/c1-8-5-4-6-10(7-8)11-9(2)15(3)14-12(11)13/h4-7H,1-3H3,(H2,13,14). The fraction of sp³-hybridized carbons (Fsp3) is 0.250. The van der Waals surface area contributed by atoms with Gasteiger partial charge in [-0.1, -0.05) is 29.8 Å². The molecule has 0 aliphatic rings. The molecule has 0 radical (unpaired) electrons. The smallest absolute Gasteiger partial charge is 0.153 e. The molecule has 0 bridgehead atoms. The molecule has 0 saturated heterocycles. The molecule has 2 N–H and O–H groups in total. The first-order valence-electron chi connectivity index (χ1n) is 4.95. The number of aromatic nitrogens is 2. The first-order chi connectivity index (χ1) is 7.09. The summed E-state index contributed by atoms with van der Waals surface area (Å²) in [7, 11) is 1.91. The van der Waals surface area contributed by atoms with Gasteiger partial charge in [-0.15, -0.1) is 0 Å². The third-order valence-corrected chi connectivity index (χ3v) is 2.67. The lowest BCUT2D eigenvalue weighted by atomic mass is 10.0. The zero-order chi connectivity index (χ0) is 11.0. The van der Waals surface area contributed by atoms with Crippen LogP contribution in [0.1, 0.15) is 11.3 Å². The number of nitrogen functional groups attached to an aromatic ring is 1. The fourth-order valence-electron chi connectivity index (χ4n) is 1.79. The number of hydrogen-bond donors (Lipinski definition) is 1. The van der Waals surface area contributed by atoms with Crippen molar-refractivity contribution in [2.45, 2.75) is 13.8 Å². The zero-order valence-electron chi connectivity index (χ0n) is 9.28. The second-order valence-electron chi connectivity index (χ2n) is 3.84. The number of nitrogens with two attached hydrogens (primary N) is 1. The van der Waals surface area contributed by atoms with Crippen LogP contribution < -0.4 is 5.73 Å². The van der Waals surface area contributed by atoms with E-state index >= 15 is 0 Å². The molecule has 3 nitrogen and oxygen atoms in total. The number of aryl methyl sites for hydroxylation is 2. The Labute approximate surface area is 89.5 Å². The average molecular weight is 201 g/mol. The van der Waals surface area contributed by atoms with Crippen LogP contribution in [0, 0.1) is 13.8 Å². The Kier molecular flexibility index (Phi) is 2.23. The summed E-state index contributed by atoms with van der Waals surface area (Å²) in [6.45, 7) is 4.10. The van der Waals surface area contributed by atoms with E-state index in [1.54, 1.807) is 0 Å². The van der Waals surface area contributed by atoms with Gasteiger partial charge in [-0.05, 0) is 19.4 Å². The molecule has 2 aromatic rings. The van der Waals surface area contributed by atoms with E-state index in [0.717, 1.165) is 16.8 Å². The van der Waals surface area contributed by atoms with E-state index in [2.05, 4.69) is 30.2 Å². The Morgan fingerprint density at radius 1 is 1.27 bits per heavy atom. The van der Waals surface area contributed by atoms with Crippen LogP contribution in [-0.2, 0) is 7.05 Å². The van der Waals surface area contributed by atoms with Crippen molar-refractivity contribution in [2.75, 3.05) is 5.73 Å². The van der Waals surface area contributed by atoms with E-state index in [9.17, 15) is 0 Å². The van der Waals surface area contributed by atoms with Crippen LogP contribution in [0.4, 0.5) is 5.82 Å². The highest BCUT2D eigenvalue weighted by Gasteiger charge is 2.11. The van der Waals surface area contributed by atoms with E-state index in [-0.39, 0.29) is 0 Å². The van der Waals surface area contributed by atoms with Crippen molar-refractivity contribution in [3.05, 3.63) is 35.5 Å². The van der Waals surface area contributed by atoms with Crippen LogP contribution >= 0.6 is 0 Å². The van der Waals surface area contributed by atoms with Gasteiger partial charge in [0, 0.05) is 18.3 Å². The van der Waals surface area contributed by atoms with Crippen molar-refractivity contribution in [2.24, 2.45) is 7.05 Å². The topological polar surface area (TPSA) is 43.8 Å². The van der Waals surface area contributed by atoms with Gasteiger partial charge in [-0.25, -0.2) is 0 Å². The summed E-state index contributed by atoms with van der Waals surface area (Å²) in [5.41, 5.74) is 10.4. The third-order valence-electron chi connectivity index (χ3n) is 2.67. The Morgan fingerprint density at radius 2 is 2.00 bits per heavy atom. The molecule has 1 aromatic heterocycles. The predicted molar refractivity (Wildman–Crippen MR) is 62.5 cm³/mol. The Hall–Kier alpha value is -1.77. The second-order valence-corrected chi connectivity index (χ2v) is 3.84. The van der Waals surface area contributed by atoms with Gasteiger partial charge < -0.3 is 5.73 Å². The third kappa shape index (κ3) is 1.61. The maximum atomic E-state index is 5.89. The SMILES string of the molecule is Cc1cccc(-c2c(N)nn(C)c2C)c1. The van der Waals surface area contributed by atoms with Crippen LogP contribution in [0.3, 0.4) is 0 Å². The van der Waals surface area contributed by atoms with Crippen molar-refractivity contribution < 1.29 is 0 Å². The van der Waals surface area contributed by atoms with Crippen molar-refractivity contribution >= 4 is 5.82 Å². The summed E-state index contributed by atoms with van der Waals surface area (Å²) in [6, 6.07) is 8.30. The van der Waals surface area contributed by atoms with Gasteiger partial charge in [-0.3, -0.25) is 4.68 Å². The molecule has 0 saturated carbocycles. The summed E-state index contributed by atoms with van der Waals surface area (Å²) >= 11 is 0. The van der Waals surface area contributed by atoms with Gasteiger partial charge in [0.25, 0.3) is 0 Å². The maximum absolute atomic E-state index is 5.89. The van der Waals surface area contributed by atoms with Crippen molar-refractivity contribution in [3.8, 4) is 11.1 Å². The summed E-state index contributed by atoms with van der Waals surface area (Å²) in [5, 5.41) is 4.21. The van der Waals surface area contributed by atoms with Crippen molar-refractivity contribution in [3.63, 3.8) is 0 Å². The zero-order valence-corrected chi connectivity index (χ0v) is 9.28. The summed E-state index contributed by atoms with van der Waals surface area (Å²) in [6.07, 6.45) is 0. The number of nitrogens with zero attached hydrogens (tertiary/aromatic N) is 2. The molecular weight excluding hydrogens is 186 g/mol. The summed E-state index contributed by atoms with van der Waals surface area (Å²) in [5.74, 6) is 0.598. The second kappa shape index (κ2) is 3.42. The van der Waals surface area contributed by atoms with Crippen LogP contribution in [-0.4, -0.2) is 9.78 Å². The number of hydrogen-bond acceptors (Lipinski definition) is 2. The molecular formula is C12H15N3. The maximum Gasteiger partial charge on any atom is 0.153 e. The number of rotatable bonds is 1. The first-order valence-corrected chi connectivity index (χ1v) is 4.95. The highest BCUT2D eigenvalue weighted by molar-refractivity contribution is 5.76. The first kappa shape index (κ1) is 9.77. The van der Waals surface area contributed by atoms with Gasteiger partial charge in [0.15, 0.2) is 5.82 Å². The Bertz CT molecular complexity index is 498. The number of benzene rings is 1. The molecule has 0 aliphatic carbocycles. The Morgan fingerprint density at radius 3 is 2.53 bits per heavy atom. The van der Waals surface area contributed by atoms with E-state index in [1.165, 1.54) is 5.56 Å². The van der Waals surface area contributed by atoms with Gasteiger partial charge in [0.05, 0.1) is 0 Å². The van der Waals surface area contributed by atoms with Crippen molar-refractivity contribution in [1.29, 1.82) is 0 Å². The van der Waals surface area contributed by atoms with Gasteiger partial charge in [0.1, 0.15) is 0 Å². The summed E-state index contributed by atoms with van der Waals surface area (Å²) < 4.78 is 1.81. The summed E-state index contributed by atoms with van der Waals surface area (Å²) in [4.78, 5) is 0. The molecule has 0 atom stereocenters. The molecule has 0 aliphatic heterocycles. The van der Waals surface area contributed by atoms with Gasteiger partial charge in [0.2, 0.25) is 0 Å². The lowest BCUT2D eigenvalue weighted by Gasteiger charge is -2.02. The van der Waals surface area contributed by atoms with Crippen LogP contribution in [0.2, 0.25) is 0 Å². The van der Waals surface area contributed by atoms with Crippen molar-refractivity contribution in [1.82, 2.24) is 9.78 Å². The molecule has 78 valence electrons. The number of anilines is 1. The normalized spacial score (nSPS) is 10.6. The van der Waals surface area contributed by atoms with Crippen LogP contribution in [0.25, 0.3) is 11.1 Å². The Balaban J connectivity index is 2.63. The van der Waals surface area contributed by atoms with E-state index < -0.39 is 0 Å². The highest BCUT2D eigenvalue weighted by Crippen LogP contribution is 2.28. The van der Waals surface area contributed by atoms with E-state index in [4.69, 9.17) is 5.73 Å². The van der Waals surface area contributed by atoms with Crippen LogP contribution in [0.15, 0.2) is 24.3 Å². The minimum atomic E-state index is 0.598. The van der Waals surface area contributed by atoms with Crippen LogP contribution in [0.5, 0.6) is 0 Å². The quantitative estimate of drug-likeness (QED) is 0.769. The fourth-order valence-corrected chi connectivity index (χ4v) is 1.79. The predicted octanol–water partition coefficient (Wildman–Crippen LogP) is 2.29. The molecule has 15 heavy (non-hydrogen) atoms. The molecule has 0 spiro atoms.